The Kier molecular flexibility index (Phi) is 4.37. The van der Waals surface area contributed by atoms with Crippen LogP contribution in [0.5, 0.6) is 0 Å². The Morgan fingerprint density at radius 1 is 1.31 bits per heavy atom. The van der Waals surface area contributed by atoms with Crippen LogP contribution < -0.4 is 0 Å². The summed E-state index contributed by atoms with van der Waals surface area (Å²) in [6.07, 6.45) is -8.26. The summed E-state index contributed by atoms with van der Waals surface area (Å²) in [4.78, 5) is 11.7. The van der Waals surface area contributed by atoms with Crippen molar-refractivity contribution in [3.63, 3.8) is 0 Å². The first-order valence-corrected chi connectivity index (χ1v) is 5.22. The molecule has 0 aliphatic carbocycles. The van der Waals surface area contributed by atoms with Crippen molar-refractivity contribution in [2.24, 2.45) is 0 Å². The fourth-order valence-corrected chi connectivity index (χ4v) is 1.73. The fourth-order valence-electron chi connectivity index (χ4n) is 0.935. The van der Waals surface area contributed by atoms with Crippen molar-refractivity contribution >= 4 is 16.9 Å². The normalized spacial score (nSPS) is 13.5. The lowest BCUT2D eigenvalue weighted by Crippen LogP contribution is -2.30. The second kappa shape index (κ2) is 5.36. The number of hydrogen-bond donors (Lipinski definition) is 1. The molecule has 1 N–H and O–H groups in total. The van der Waals surface area contributed by atoms with Crippen molar-refractivity contribution < 1.29 is 23.1 Å². The van der Waals surface area contributed by atoms with E-state index >= 15 is 0 Å². The van der Waals surface area contributed by atoms with Crippen LogP contribution in [0, 0.1) is 0 Å². The molecule has 0 fully saturated rings. The summed E-state index contributed by atoms with van der Waals surface area (Å²) in [5.41, 5.74) is 0. The van der Waals surface area contributed by atoms with Gasteiger partial charge in [-0.05, 0) is 12.1 Å². The van der Waals surface area contributed by atoms with Gasteiger partial charge in [0.2, 0.25) is 0 Å². The van der Waals surface area contributed by atoms with Gasteiger partial charge in [-0.1, -0.05) is 30.0 Å². The Balaban J connectivity index is 2.49. The molecule has 0 aliphatic rings. The van der Waals surface area contributed by atoms with Crippen LogP contribution in [0.4, 0.5) is 13.2 Å². The van der Waals surface area contributed by atoms with Gasteiger partial charge >= 0.3 is 6.18 Å². The fraction of sp³-hybridized carbons (Fsp3) is 0.300. The lowest BCUT2D eigenvalue weighted by Gasteiger charge is -2.12. The summed E-state index contributed by atoms with van der Waals surface area (Å²) >= 11 is 0.689. The van der Waals surface area contributed by atoms with Gasteiger partial charge < -0.3 is 5.11 Å². The van der Waals surface area contributed by atoms with Gasteiger partial charge in [-0.2, -0.15) is 13.2 Å². The van der Waals surface area contributed by atoms with Gasteiger partial charge in [0.05, 0.1) is 6.42 Å². The molecule has 0 aliphatic heterocycles. The van der Waals surface area contributed by atoms with Crippen LogP contribution >= 0.6 is 11.8 Å². The predicted octanol–water partition coefficient (Wildman–Crippen LogP) is 2.62. The first kappa shape index (κ1) is 13.1. The number of carbonyl (C=O) groups excluding carboxylic acids is 1. The predicted molar refractivity (Wildman–Crippen MR) is 54.0 cm³/mol. The molecule has 16 heavy (non-hydrogen) atoms. The monoisotopic (exact) mass is 250 g/mol. The second-order valence-electron chi connectivity index (χ2n) is 3.05. The van der Waals surface area contributed by atoms with Crippen molar-refractivity contribution in [3.8, 4) is 0 Å². The highest BCUT2D eigenvalue weighted by Crippen LogP contribution is 2.26. The minimum Gasteiger partial charge on any atom is -0.383 e. The molecular weight excluding hydrogens is 241 g/mol. The standard InChI is InChI=1S/C10H9F3O2S/c11-10(12,13)8(14)6-9(15)16-7-4-2-1-3-5-7/h1-5,8,14H,6H2/t8-/m1/s1. The van der Waals surface area contributed by atoms with Crippen molar-refractivity contribution in [3.05, 3.63) is 30.3 Å². The molecule has 6 heteroatoms. The molecule has 0 bridgehead atoms. The molecule has 1 aromatic carbocycles. The van der Waals surface area contributed by atoms with E-state index in [1.807, 2.05) is 0 Å². The number of rotatable bonds is 3. The zero-order valence-corrected chi connectivity index (χ0v) is 8.89. The average molecular weight is 250 g/mol. The molecule has 1 atom stereocenters. The third-order valence-corrected chi connectivity index (χ3v) is 2.61. The van der Waals surface area contributed by atoms with Crippen LogP contribution in [-0.2, 0) is 4.79 Å². The maximum atomic E-state index is 11.9. The van der Waals surface area contributed by atoms with Crippen molar-refractivity contribution in [1.82, 2.24) is 0 Å². The lowest BCUT2D eigenvalue weighted by molar-refractivity contribution is -0.204. The summed E-state index contributed by atoms with van der Waals surface area (Å²) in [6.45, 7) is 0. The second-order valence-corrected chi connectivity index (χ2v) is 4.18. The number of aliphatic hydroxyl groups excluding tert-OH is 1. The number of carbonyl (C=O) groups is 1. The minimum atomic E-state index is -4.74. The van der Waals surface area contributed by atoms with E-state index in [0.29, 0.717) is 16.7 Å². The quantitative estimate of drug-likeness (QED) is 0.838. The molecule has 1 aromatic rings. The SMILES string of the molecule is O=C(C[C@@H](O)C(F)(F)F)Sc1ccccc1. The molecule has 0 spiro atoms. The lowest BCUT2D eigenvalue weighted by atomic mass is 10.3. The zero-order valence-electron chi connectivity index (χ0n) is 8.07. The highest BCUT2D eigenvalue weighted by Gasteiger charge is 2.39. The smallest absolute Gasteiger partial charge is 0.383 e. The molecule has 0 unspecified atom stereocenters. The zero-order chi connectivity index (χ0) is 12.2. The van der Waals surface area contributed by atoms with E-state index in [4.69, 9.17) is 5.11 Å². The molecule has 88 valence electrons. The number of thioether (sulfide) groups is 1. The maximum absolute atomic E-state index is 11.9. The van der Waals surface area contributed by atoms with Gasteiger partial charge in [0.25, 0.3) is 0 Å². The Morgan fingerprint density at radius 2 is 1.88 bits per heavy atom. The van der Waals surface area contributed by atoms with Gasteiger partial charge in [-0.15, -0.1) is 0 Å². The van der Waals surface area contributed by atoms with Gasteiger partial charge in [0.1, 0.15) is 0 Å². The number of alkyl halides is 3. The Morgan fingerprint density at radius 3 is 2.38 bits per heavy atom. The van der Waals surface area contributed by atoms with Crippen molar-refractivity contribution in [2.45, 2.75) is 23.6 Å². The van der Waals surface area contributed by atoms with Crippen LogP contribution in [0.15, 0.2) is 35.2 Å². The van der Waals surface area contributed by atoms with Crippen molar-refractivity contribution in [1.29, 1.82) is 0 Å². The Bertz CT molecular complexity index is 351. The molecule has 0 amide bonds. The Hall–Kier alpha value is -1.01. The van der Waals surface area contributed by atoms with Gasteiger partial charge in [-0.25, -0.2) is 0 Å². The molecule has 0 radical (unpaired) electrons. The Labute approximate surface area is 94.5 Å². The first-order chi connectivity index (χ1) is 7.39. The molecule has 1 rings (SSSR count). The molecule has 2 nitrogen and oxygen atoms in total. The van der Waals surface area contributed by atoms with E-state index in [2.05, 4.69) is 0 Å². The summed E-state index contributed by atoms with van der Waals surface area (Å²) in [6, 6.07) is 8.32. The highest BCUT2D eigenvalue weighted by molar-refractivity contribution is 8.13. The summed E-state index contributed by atoms with van der Waals surface area (Å²) in [5.74, 6) is 0. The van der Waals surface area contributed by atoms with Crippen LogP contribution in [0.3, 0.4) is 0 Å². The van der Waals surface area contributed by atoms with E-state index in [0.717, 1.165) is 0 Å². The summed E-state index contributed by atoms with van der Waals surface area (Å²) in [7, 11) is 0. The average Bonchev–Trinajstić information content (AvgIpc) is 2.17. The number of halogens is 3. The molecule has 0 heterocycles. The molecule has 0 saturated carbocycles. The summed E-state index contributed by atoms with van der Waals surface area (Å²) < 4.78 is 35.8. The van der Waals surface area contributed by atoms with E-state index in [-0.39, 0.29) is 0 Å². The van der Waals surface area contributed by atoms with E-state index < -0.39 is 23.8 Å². The number of aliphatic hydroxyl groups is 1. The minimum absolute atomic E-state index is 0.557. The third kappa shape index (κ3) is 4.24. The maximum Gasteiger partial charge on any atom is 0.414 e. The molecular formula is C10H9F3O2S. The van der Waals surface area contributed by atoms with Crippen LogP contribution in [0.1, 0.15) is 6.42 Å². The number of benzene rings is 1. The van der Waals surface area contributed by atoms with E-state index in [9.17, 15) is 18.0 Å². The van der Waals surface area contributed by atoms with Gasteiger partial charge in [-0.3, -0.25) is 4.79 Å². The van der Waals surface area contributed by atoms with E-state index in [1.54, 1.807) is 30.3 Å². The van der Waals surface area contributed by atoms with Crippen LogP contribution in [0.25, 0.3) is 0 Å². The van der Waals surface area contributed by atoms with Gasteiger partial charge in [0.15, 0.2) is 11.2 Å². The molecule has 0 saturated heterocycles. The first-order valence-electron chi connectivity index (χ1n) is 4.40. The summed E-state index contributed by atoms with van der Waals surface area (Å²) in [5, 5.41) is 7.96. The van der Waals surface area contributed by atoms with Crippen molar-refractivity contribution in [2.75, 3.05) is 0 Å². The third-order valence-electron chi connectivity index (χ3n) is 1.71. The van der Waals surface area contributed by atoms with Crippen LogP contribution in [0.2, 0.25) is 0 Å². The number of hydrogen-bond acceptors (Lipinski definition) is 3. The van der Waals surface area contributed by atoms with E-state index in [1.165, 1.54) is 0 Å². The largest absolute Gasteiger partial charge is 0.414 e. The topological polar surface area (TPSA) is 37.3 Å². The van der Waals surface area contributed by atoms with Gasteiger partial charge in [0, 0.05) is 4.90 Å². The highest BCUT2D eigenvalue weighted by atomic mass is 32.2. The van der Waals surface area contributed by atoms with Crippen LogP contribution in [-0.4, -0.2) is 22.5 Å². The molecule has 0 aromatic heterocycles.